The Kier molecular flexibility index (Phi) is 4.96. The summed E-state index contributed by atoms with van der Waals surface area (Å²) >= 11 is 4.70. The lowest BCUT2D eigenvalue weighted by Crippen LogP contribution is -2.13. The van der Waals surface area contributed by atoms with Gasteiger partial charge < -0.3 is 4.40 Å². The average Bonchev–Trinajstić information content (AvgIpc) is 3.20. The van der Waals surface area contributed by atoms with E-state index in [9.17, 15) is 17.6 Å². The van der Waals surface area contributed by atoms with Crippen molar-refractivity contribution in [2.24, 2.45) is 0 Å². The summed E-state index contributed by atoms with van der Waals surface area (Å²) in [6.07, 6.45) is -3.54. The summed E-state index contributed by atoms with van der Waals surface area (Å²) in [6, 6.07) is 9.33. The third kappa shape index (κ3) is 4.10. The van der Waals surface area contributed by atoms with E-state index in [0.29, 0.717) is 22.0 Å². The van der Waals surface area contributed by atoms with Gasteiger partial charge in [0.25, 0.3) is 0 Å². The first-order valence-electron chi connectivity index (χ1n) is 8.21. The van der Waals surface area contributed by atoms with Gasteiger partial charge in [0, 0.05) is 28.0 Å². The van der Waals surface area contributed by atoms with E-state index in [2.05, 4.69) is 25.9 Å². The van der Waals surface area contributed by atoms with Crippen molar-refractivity contribution >= 4 is 32.9 Å². The molecule has 144 valence electrons. The summed E-state index contributed by atoms with van der Waals surface area (Å²) in [7, 11) is 0. The number of rotatable bonds is 4. The molecule has 0 aliphatic carbocycles. The summed E-state index contributed by atoms with van der Waals surface area (Å²) < 4.78 is 54.6. The number of hydrogen-bond acceptors (Lipinski definition) is 3. The van der Waals surface area contributed by atoms with Crippen molar-refractivity contribution in [3.63, 3.8) is 0 Å². The number of alkyl halides is 3. The molecule has 0 atom stereocenters. The largest absolute Gasteiger partial charge is 0.394 e. The van der Waals surface area contributed by atoms with E-state index >= 15 is 0 Å². The second-order valence-corrected chi connectivity index (χ2v) is 8.04. The average molecular weight is 470 g/mol. The van der Waals surface area contributed by atoms with Crippen molar-refractivity contribution in [2.45, 2.75) is 19.0 Å². The predicted molar refractivity (Wildman–Crippen MR) is 103 cm³/mol. The minimum atomic E-state index is -4.36. The molecule has 28 heavy (non-hydrogen) atoms. The van der Waals surface area contributed by atoms with Gasteiger partial charge in [-0.3, -0.25) is 0 Å². The molecule has 4 rings (SSSR count). The van der Waals surface area contributed by atoms with Crippen LogP contribution in [0.1, 0.15) is 16.4 Å². The van der Waals surface area contributed by atoms with E-state index in [1.165, 1.54) is 23.5 Å². The second kappa shape index (κ2) is 7.29. The summed E-state index contributed by atoms with van der Waals surface area (Å²) in [5.41, 5.74) is 2.30. The van der Waals surface area contributed by atoms with Crippen molar-refractivity contribution < 1.29 is 17.6 Å². The third-order valence-electron chi connectivity index (χ3n) is 4.14. The number of fused-ring (bicyclic) bond motifs is 1. The van der Waals surface area contributed by atoms with Crippen molar-refractivity contribution in [3.05, 3.63) is 74.7 Å². The van der Waals surface area contributed by atoms with Crippen LogP contribution in [0.25, 0.3) is 16.9 Å². The monoisotopic (exact) mass is 469 g/mol. The van der Waals surface area contributed by atoms with E-state index in [0.717, 1.165) is 10.0 Å². The van der Waals surface area contributed by atoms with Crippen molar-refractivity contribution in [1.29, 1.82) is 0 Å². The lowest BCUT2D eigenvalue weighted by molar-refractivity contribution is -0.127. The predicted octanol–water partition coefficient (Wildman–Crippen LogP) is 6.06. The number of imidazole rings is 1. The quantitative estimate of drug-likeness (QED) is 0.340. The summed E-state index contributed by atoms with van der Waals surface area (Å²) in [5, 5.41) is 2.47. The van der Waals surface area contributed by atoms with Crippen LogP contribution in [0.2, 0.25) is 0 Å². The molecule has 0 spiro atoms. The number of pyridine rings is 1. The molecule has 3 aromatic heterocycles. The standard InChI is InChI=1S/C19H12BrF4N3S/c20-12-3-6-17-25-14(8-19(22,23)24)16(27(17)9-12)7-18-26-15(10-28-18)11-1-4-13(21)5-2-11/h1-6,9-10H,7-8H2. The lowest BCUT2D eigenvalue weighted by atomic mass is 10.1. The first kappa shape index (κ1) is 19.1. The SMILES string of the molecule is Fc1ccc(-c2csc(Cc3c(CC(F)(F)F)nc4ccc(Br)cn34)n2)cc1. The van der Waals surface area contributed by atoms with Crippen LogP contribution in [-0.2, 0) is 12.8 Å². The fourth-order valence-corrected chi connectivity index (χ4v) is 4.07. The van der Waals surface area contributed by atoms with Gasteiger partial charge in [-0.05, 0) is 52.3 Å². The van der Waals surface area contributed by atoms with Crippen LogP contribution in [-0.4, -0.2) is 20.5 Å². The molecule has 0 radical (unpaired) electrons. The van der Waals surface area contributed by atoms with Crippen molar-refractivity contribution in [2.75, 3.05) is 0 Å². The Morgan fingerprint density at radius 3 is 2.50 bits per heavy atom. The first-order chi connectivity index (χ1) is 13.3. The van der Waals surface area contributed by atoms with Gasteiger partial charge in [0.15, 0.2) is 0 Å². The molecule has 3 nitrogen and oxygen atoms in total. The molecule has 0 saturated carbocycles. The maximum Gasteiger partial charge on any atom is 0.394 e. The van der Waals surface area contributed by atoms with Crippen LogP contribution in [0.15, 0.2) is 52.4 Å². The number of benzene rings is 1. The highest BCUT2D eigenvalue weighted by molar-refractivity contribution is 9.10. The van der Waals surface area contributed by atoms with E-state index in [-0.39, 0.29) is 17.9 Å². The van der Waals surface area contributed by atoms with E-state index in [1.54, 1.807) is 34.9 Å². The number of aromatic nitrogens is 3. The second-order valence-electron chi connectivity index (χ2n) is 6.18. The van der Waals surface area contributed by atoms with Gasteiger partial charge in [-0.25, -0.2) is 14.4 Å². The molecule has 9 heteroatoms. The van der Waals surface area contributed by atoms with Crippen molar-refractivity contribution in [1.82, 2.24) is 14.4 Å². The molecule has 0 aliphatic heterocycles. The van der Waals surface area contributed by atoms with Crippen LogP contribution in [0.5, 0.6) is 0 Å². The molecule has 0 unspecified atom stereocenters. The maximum atomic E-state index is 13.1. The first-order valence-corrected chi connectivity index (χ1v) is 9.88. The Bertz CT molecular complexity index is 1130. The zero-order chi connectivity index (χ0) is 19.9. The van der Waals surface area contributed by atoms with Gasteiger partial charge in [0.05, 0.1) is 28.5 Å². The van der Waals surface area contributed by atoms with Crippen LogP contribution in [0, 0.1) is 5.82 Å². The normalized spacial score (nSPS) is 12.0. The van der Waals surface area contributed by atoms with Crippen LogP contribution in [0.3, 0.4) is 0 Å². The number of halogens is 5. The van der Waals surface area contributed by atoms with Gasteiger partial charge in [-0.2, -0.15) is 13.2 Å². The summed E-state index contributed by atoms with van der Waals surface area (Å²) in [5.74, 6) is -0.340. The lowest BCUT2D eigenvalue weighted by Gasteiger charge is -2.07. The van der Waals surface area contributed by atoms with E-state index < -0.39 is 12.6 Å². The zero-order valence-electron chi connectivity index (χ0n) is 14.2. The van der Waals surface area contributed by atoms with Gasteiger partial charge in [-0.1, -0.05) is 0 Å². The zero-order valence-corrected chi connectivity index (χ0v) is 16.6. The smallest absolute Gasteiger partial charge is 0.302 e. The van der Waals surface area contributed by atoms with Crippen LogP contribution in [0.4, 0.5) is 17.6 Å². The highest BCUT2D eigenvalue weighted by Crippen LogP contribution is 2.29. The van der Waals surface area contributed by atoms with Crippen LogP contribution >= 0.6 is 27.3 Å². The van der Waals surface area contributed by atoms with Crippen molar-refractivity contribution in [3.8, 4) is 11.3 Å². The third-order valence-corrected chi connectivity index (χ3v) is 5.46. The Morgan fingerprint density at radius 1 is 1.04 bits per heavy atom. The Hall–Kier alpha value is -2.26. The fourth-order valence-electron chi connectivity index (χ4n) is 2.92. The number of thiazole rings is 1. The Balaban J connectivity index is 1.71. The highest BCUT2D eigenvalue weighted by Gasteiger charge is 2.31. The molecule has 3 heterocycles. The molecule has 4 aromatic rings. The highest BCUT2D eigenvalue weighted by atomic mass is 79.9. The van der Waals surface area contributed by atoms with Gasteiger partial charge >= 0.3 is 6.18 Å². The minimum Gasteiger partial charge on any atom is -0.302 e. The van der Waals surface area contributed by atoms with Gasteiger partial charge in [0.1, 0.15) is 11.5 Å². The van der Waals surface area contributed by atoms with Crippen LogP contribution < -0.4 is 0 Å². The molecular formula is C19H12BrF4N3S. The summed E-state index contributed by atoms with van der Waals surface area (Å²) in [4.78, 5) is 8.68. The Labute approximate surface area is 169 Å². The van der Waals surface area contributed by atoms with Gasteiger partial charge in [0.2, 0.25) is 0 Å². The topological polar surface area (TPSA) is 30.2 Å². The Morgan fingerprint density at radius 2 is 1.79 bits per heavy atom. The molecule has 0 N–H and O–H groups in total. The van der Waals surface area contributed by atoms with E-state index in [4.69, 9.17) is 0 Å². The molecule has 0 aliphatic rings. The molecule has 0 amide bonds. The van der Waals surface area contributed by atoms with E-state index in [1.807, 2.05) is 5.38 Å². The summed E-state index contributed by atoms with van der Waals surface area (Å²) in [6.45, 7) is 0. The molecular weight excluding hydrogens is 458 g/mol. The number of hydrogen-bond donors (Lipinski definition) is 0. The van der Waals surface area contributed by atoms with Gasteiger partial charge in [-0.15, -0.1) is 11.3 Å². The fraction of sp³-hybridized carbons (Fsp3) is 0.158. The maximum absolute atomic E-state index is 13.1. The molecule has 0 bridgehead atoms. The molecule has 0 fully saturated rings. The number of nitrogens with zero attached hydrogens (tertiary/aromatic N) is 3. The minimum absolute atomic E-state index is 0.0101. The molecule has 1 aromatic carbocycles. The molecule has 0 saturated heterocycles.